The topological polar surface area (TPSA) is 69.8 Å². The van der Waals surface area contributed by atoms with Crippen molar-refractivity contribution < 1.29 is 4.79 Å². The second-order valence-corrected chi connectivity index (χ2v) is 4.63. The van der Waals surface area contributed by atoms with Crippen molar-refractivity contribution in [2.45, 2.75) is 18.9 Å². The lowest BCUT2D eigenvalue weighted by atomic mass is 10.1. The maximum absolute atomic E-state index is 12.2. The third kappa shape index (κ3) is 2.09. The highest BCUT2D eigenvalue weighted by Crippen LogP contribution is 2.15. The van der Waals surface area contributed by atoms with Gasteiger partial charge in [-0.2, -0.15) is 5.10 Å². The van der Waals surface area contributed by atoms with Gasteiger partial charge in [0.05, 0.1) is 5.52 Å². The van der Waals surface area contributed by atoms with Crippen molar-refractivity contribution in [2.24, 2.45) is 0 Å². The maximum Gasteiger partial charge on any atom is 0.272 e. The van der Waals surface area contributed by atoms with Crippen LogP contribution in [0, 0.1) is 0 Å². The number of H-pyrrole nitrogens is 1. The third-order valence-electron chi connectivity index (χ3n) is 3.32. The number of benzene rings is 1. The number of aromatic amines is 1. The highest BCUT2D eigenvalue weighted by atomic mass is 16.2. The molecule has 0 radical (unpaired) electrons. The van der Waals surface area contributed by atoms with Gasteiger partial charge in [0.15, 0.2) is 5.69 Å². The minimum atomic E-state index is -0.0962. The van der Waals surface area contributed by atoms with Crippen LogP contribution in [0.1, 0.15) is 23.3 Å². The summed E-state index contributed by atoms with van der Waals surface area (Å²) in [5.41, 5.74) is 1.38. The van der Waals surface area contributed by atoms with E-state index in [0.717, 1.165) is 36.8 Å². The first-order valence-electron chi connectivity index (χ1n) is 6.29. The van der Waals surface area contributed by atoms with E-state index in [4.69, 9.17) is 0 Å². The predicted octanol–water partition coefficient (Wildman–Crippen LogP) is 1.04. The summed E-state index contributed by atoms with van der Waals surface area (Å²) in [6.07, 6.45) is 2.13. The molecule has 2 aromatic rings. The normalized spacial score (nSPS) is 19.9. The lowest BCUT2D eigenvalue weighted by Crippen LogP contribution is -2.45. The Bertz CT molecular complexity index is 557. The molecule has 1 aromatic carbocycles. The van der Waals surface area contributed by atoms with Gasteiger partial charge in [0.1, 0.15) is 0 Å². The summed E-state index contributed by atoms with van der Waals surface area (Å²) in [6.45, 7) is 1.88. The van der Waals surface area contributed by atoms with E-state index < -0.39 is 0 Å². The van der Waals surface area contributed by atoms with Crippen molar-refractivity contribution >= 4 is 16.8 Å². The van der Waals surface area contributed by atoms with Crippen molar-refractivity contribution in [1.29, 1.82) is 0 Å². The molecule has 5 nitrogen and oxygen atoms in total. The monoisotopic (exact) mass is 244 g/mol. The SMILES string of the molecule is O=C(N[C@H]1CCCNC1)c1n[nH]c2ccccc12. The van der Waals surface area contributed by atoms with Gasteiger partial charge in [-0.3, -0.25) is 9.89 Å². The van der Waals surface area contributed by atoms with Gasteiger partial charge in [-0.1, -0.05) is 18.2 Å². The number of fused-ring (bicyclic) bond motifs is 1. The molecule has 1 amide bonds. The largest absolute Gasteiger partial charge is 0.347 e. The van der Waals surface area contributed by atoms with Crippen LogP contribution in [-0.2, 0) is 0 Å². The lowest BCUT2D eigenvalue weighted by molar-refractivity contribution is 0.0927. The predicted molar refractivity (Wildman–Crippen MR) is 69.5 cm³/mol. The molecule has 0 bridgehead atoms. The smallest absolute Gasteiger partial charge is 0.272 e. The summed E-state index contributed by atoms with van der Waals surface area (Å²) < 4.78 is 0. The number of carbonyl (C=O) groups is 1. The zero-order valence-corrected chi connectivity index (χ0v) is 10.1. The first-order chi connectivity index (χ1) is 8.84. The molecule has 1 aliphatic rings. The van der Waals surface area contributed by atoms with E-state index in [0.29, 0.717) is 5.69 Å². The number of hydrogen-bond donors (Lipinski definition) is 3. The first kappa shape index (κ1) is 11.2. The molecule has 94 valence electrons. The minimum Gasteiger partial charge on any atom is -0.347 e. The Hall–Kier alpha value is -1.88. The molecular formula is C13H16N4O. The van der Waals surface area contributed by atoms with E-state index in [1.165, 1.54) is 0 Å². The molecular weight excluding hydrogens is 228 g/mol. The minimum absolute atomic E-state index is 0.0962. The third-order valence-corrected chi connectivity index (χ3v) is 3.32. The number of hydrogen-bond acceptors (Lipinski definition) is 3. The van der Waals surface area contributed by atoms with E-state index in [-0.39, 0.29) is 11.9 Å². The molecule has 1 aromatic heterocycles. The van der Waals surface area contributed by atoms with Gasteiger partial charge < -0.3 is 10.6 Å². The molecule has 1 atom stereocenters. The molecule has 0 aliphatic carbocycles. The Morgan fingerprint density at radius 2 is 2.28 bits per heavy atom. The average molecular weight is 244 g/mol. The molecule has 1 aliphatic heterocycles. The highest BCUT2D eigenvalue weighted by molar-refractivity contribution is 6.04. The molecule has 0 saturated carbocycles. The fraction of sp³-hybridized carbons (Fsp3) is 0.385. The highest BCUT2D eigenvalue weighted by Gasteiger charge is 2.19. The van der Waals surface area contributed by atoms with Crippen LogP contribution in [0.3, 0.4) is 0 Å². The van der Waals surface area contributed by atoms with Crippen molar-refractivity contribution in [2.75, 3.05) is 13.1 Å². The van der Waals surface area contributed by atoms with E-state index in [1.807, 2.05) is 24.3 Å². The molecule has 0 spiro atoms. The summed E-state index contributed by atoms with van der Waals surface area (Å²) in [5, 5.41) is 14.2. The molecule has 3 rings (SSSR count). The Balaban J connectivity index is 1.79. The van der Waals surface area contributed by atoms with Gasteiger partial charge in [-0.05, 0) is 25.5 Å². The number of rotatable bonds is 2. The molecule has 0 unspecified atom stereocenters. The molecule has 1 fully saturated rings. The first-order valence-corrected chi connectivity index (χ1v) is 6.29. The van der Waals surface area contributed by atoms with Gasteiger partial charge in [-0.15, -0.1) is 0 Å². The van der Waals surface area contributed by atoms with E-state index in [2.05, 4.69) is 20.8 Å². The number of para-hydroxylation sites is 1. The van der Waals surface area contributed by atoms with Crippen molar-refractivity contribution in [1.82, 2.24) is 20.8 Å². The Morgan fingerprint density at radius 3 is 3.11 bits per heavy atom. The van der Waals surface area contributed by atoms with E-state index in [9.17, 15) is 4.79 Å². The van der Waals surface area contributed by atoms with Crippen molar-refractivity contribution in [3.8, 4) is 0 Å². The summed E-state index contributed by atoms with van der Waals surface area (Å²) in [5.74, 6) is -0.0962. The number of nitrogens with zero attached hydrogens (tertiary/aromatic N) is 1. The average Bonchev–Trinajstić information content (AvgIpc) is 2.84. The van der Waals surface area contributed by atoms with Gasteiger partial charge in [0.2, 0.25) is 0 Å². The second-order valence-electron chi connectivity index (χ2n) is 4.63. The zero-order chi connectivity index (χ0) is 12.4. The number of amides is 1. The van der Waals surface area contributed by atoms with Crippen LogP contribution in [0.2, 0.25) is 0 Å². The summed E-state index contributed by atoms with van der Waals surface area (Å²) in [7, 11) is 0. The van der Waals surface area contributed by atoms with Crippen LogP contribution in [0.15, 0.2) is 24.3 Å². The summed E-state index contributed by atoms with van der Waals surface area (Å²) in [6, 6.07) is 7.87. The van der Waals surface area contributed by atoms with Crippen molar-refractivity contribution in [3.05, 3.63) is 30.0 Å². The van der Waals surface area contributed by atoms with Gasteiger partial charge in [-0.25, -0.2) is 0 Å². The van der Waals surface area contributed by atoms with E-state index >= 15 is 0 Å². The van der Waals surface area contributed by atoms with Crippen LogP contribution in [0.25, 0.3) is 10.9 Å². The molecule has 2 heterocycles. The fourth-order valence-corrected chi connectivity index (χ4v) is 2.37. The van der Waals surface area contributed by atoms with Gasteiger partial charge in [0, 0.05) is 18.0 Å². The molecule has 1 saturated heterocycles. The summed E-state index contributed by atoms with van der Waals surface area (Å²) in [4.78, 5) is 12.2. The van der Waals surface area contributed by atoms with Crippen LogP contribution < -0.4 is 10.6 Å². The Kier molecular flexibility index (Phi) is 2.98. The standard InChI is InChI=1S/C13H16N4O/c18-13(15-9-4-3-7-14-8-9)12-10-5-1-2-6-11(10)16-17-12/h1-2,5-6,9,14H,3-4,7-8H2,(H,15,18)(H,16,17)/t9-/m0/s1. The van der Waals surface area contributed by atoms with E-state index in [1.54, 1.807) is 0 Å². The number of carbonyl (C=O) groups excluding carboxylic acids is 1. The Morgan fingerprint density at radius 1 is 1.39 bits per heavy atom. The summed E-state index contributed by atoms with van der Waals surface area (Å²) >= 11 is 0. The van der Waals surface area contributed by atoms with Gasteiger partial charge >= 0.3 is 0 Å². The number of aromatic nitrogens is 2. The Labute approximate surface area is 105 Å². The number of piperidine rings is 1. The van der Waals surface area contributed by atoms with Gasteiger partial charge in [0.25, 0.3) is 5.91 Å². The van der Waals surface area contributed by atoms with Crippen LogP contribution >= 0.6 is 0 Å². The lowest BCUT2D eigenvalue weighted by Gasteiger charge is -2.23. The fourth-order valence-electron chi connectivity index (χ4n) is 2.37. The van der Waals surface area contributed by atoms with Crippen LogP contribution in [-0.4, -0.2) is 35.2 Å². The molecule has 18 heavy (non-hydrogen) atoms. The van der Waals surface area contributed by atoms with Crippen LogP contribution in [0.5, 0.6) is 0 Å². The number of nitrogens with one attached hydrogen (secondary N) is 3. The molecule has 3 N–H and O–H groups in total. The van der Waals surface area contributed by atoms with Crippen LogP contribution in [0.4, 0.5) is 0 Å². The zero-order valence-electron chi connectivity index (χ0n) is 10.1. The second kappa shape index (κ2) is 4.78. The van der Waals surface area contributed by atoms with Crippen molar-refractivity contribution in [3.63, 3.8) is 0 Å². The quantitative estimate of drug-likeness (QED) is 0.739. The molecule has 5 heteroatoms. The maximum atomic E-state index is 12.2.